The molecule has 0 aliphatic rings. The summed E-state index contributed by atoms with van der Waals surface area (Å²) in [6.45, 7) is 0.320. The molecule has 1 aromatic heterocycles. The van der Waals surface area contributed by atoms with E-state index < -0.39 is 11.7 Å². The lowest BCUT2D eigenvalue weighted by molar-refractivity contribution is -0.137. The number of nitrogens with two attached hydrogens (primary N) is 1. The summed E-state index contributed by atoms with van der Waals surface area (Å²) in [5.41, 5.74) is 5.70. The second-order valence-electron chi connectivity index (χ2n) is 3.94. The van der Waals surface area contributed by atoms with E-state index in [-0.39, 0.29) is 0 Å². The van der Waals surface area contributed by atoms with Crippen LogP contribution in [0.1, 0.15) is 11.1 Å². The van der Waals surface area contributed by atoms with E-state index in [0.29, 0.717) is 16.6 Å². The van der Waals surface area contributed by atoms with Crippen LogP contribution in [0.5, 0.6) is 0 Å². The maximum Gasteiger partial charge on any atom is 0.417 e. The molecule has 0 amide bonds. The summed E-state index contributed by atoms with van der Waals surface area (Å²) in [5.74, 6) is 0. The van der Waals surface area contributed by atoms with E-state index in [9.17, 15) is 13.2 Å². The zero-order valence-electron chi connectivity index (χ0n) is 10.1. The number of alkyl halides is 3. The summed E-state index contributed by atoms with van der Waals surface area (Å²) in [4.78, 5) is 4.59. The molecule has 0 spiro atoms. The van der Waals surface area contributed by atoms with Crippen molar-refractivity contribution < 1.29 is 13.2 Å². The number of benzene rings is 1. The number of pyridine rings is 1. The second kappa shape index (κ2) is 6.03. The first-order valence-electron chi connectivity index (χ1n) is 5.60. The third-order valence-electron chi connectivity index (χ3n) is 2.53. The van der Waals surface area contributed by atoms with Crippen molar-refractivity contribution in [3.05, 3.63) is 52.7 Å². The van der Waals surface area contributed by atoms with Crippen molar-refractivity contribution in [1.82, 2.24) is 4.98 Å². The Bertz CT molecular complexity index is 600. The first-order chi connectivity index (χ1) is 9.40. The van der Waals surface area contributed by atoms with Crippen LogP contribution >= 0.6 is 23.4 Å². The predicted octanol–water partition coefficient (Wildman–Crippen LogP) is 4.36. The van der Waals surface area contributed by atoms with Gasteiger partial charge < -0.3 is 5.73 Å². The van der Waals surface area contributed by atoms with E-state index in [1.807, 2.05) is 0 Å². The number of aromatic nitrogens is 1. The molecular weight excluding hydrogens is 309 g/mol. The minimum Gasteiger partial charge on any atom is -0.326 e. The van der Waals surface area contributed by atoms with Crippen LogP contribution < -0.4 is 5.73 Å². The SMILES string of the molecule is NCc1ccc(Cl)cc1Sc1ccc(C(F)(F)F)cn1. The van der Waals surface area contributed by atoms with Crippen LogP contribution in [0.15, 0.2) is 46.5 Å². The fourth-order valence-corrected chi connectivity index (χ4v) is 2.69. The summed E-state index contributed by atoms with van der Waals surface area (Å²) < 4.78 is 37.3. The molecule has 106 valence electrons. The van der Waals surface area contributed by atoms with E-state index in [1.165, 1.54) is 17.8 Å². The highest BCUT2D eigenvalue weighted by molar-refractivity contribution is 7.99. The Morgan fingerprint density at radius 2 is 1.95 bits per heavy atom. The average Bonchev–Trinajstić information content (AvgIpc) is 2.38. The van der Waals surface area contributed by atoms with E-state index >= 15 is 0 Å². The highest BCUT2D eigenvalue weighted by atomic mass is 35.5. The van der Waals surface area contributed by atoms with Crippen molar-refractivity contribution in [3.63, 3.8) is 0 Å². The van der Waals surface area contributed by atoms with Crippen LogP contribution in [-0.4, -0.2) is 4.98 Å². The van der Waals surface area contributed by atoms with Crippen LogP contribution in [0.25, 0.3) is 0 Å². The molecule has 0 fully saturated rings. The Hall–Kier alpha value is -1.24. The number of hydrogen-bond acceptors (Lipinski definition) is 3. The van der Waals surface area contributed by atoms with Crippen LogP contribution in [-0.2, 0) is 12.7 Å². The Labute approximate surface area is 123 Å². The lowest BCUT2D eigenvalue weighted by Crippen LogP contribution is -2.05. The Morgan fingerprint density at radius 1 is 1.20 bits per heavy atom. The minimum absolute atomic E-state index is 0.320. The molecule has 0 aliphatic heterocycles. The third kappa shape index (κ3) is 3.65. The standard InChI is InChI=1S/C13H10ClF3N2S/c14-10-3-1-8(6-18)11(5-10)20-12-4-2-9(7-19-12)13(15,16)17/h1-5,7H,6,18H2. The monoisotopic (exact) mass is 318 g/mol. The van der Waals surface area contributed by atoms with Crippen LogP contribution in [0.4, 0.5) is 13.2 Å². The molecule has 0 unspecified atom stereocenters. The highest BCUT2D eigenvalue weighted by Gasteiger charge is 2.30. The molecule has 0 bridgehead atoms. The van der Waals surface area contributed by atoms with Crippen molar-refractivity contribution in [2.24, 2.45) is 5.73 Å². The first-order valence-corrected chi connectivity index (χ1v) is 6.79. The number of rotatable bonds is 3. The quantitative estimate of drug-likeness (QED) is 0.913. The van der Waals surface area contributed by atoms with Crippen LogP contribution in [0, 0.1) is 0 Å². The normalized spacial score (nSPS) is 11.7. The van der Waals surface area contributed by atoms with E-state index in [4.69, 9.17) is 17.3 Å². The maximum absolute atomic E-state index is 12.4. The zero-order valence-corrected chi connectivity index (χ0v) is 11.7. The van der Waals surface area contributed by atoms with Gasteiger partial charge in [0, 0.05) is 22.7 Å². The van der Waals surface area contributed by atoms with Gasteiger partial charge in [0.1, 0.15) is 5.03 Å². The van der Waals surface area contributed by atoms with Crippen molar-refractivity contribution in [1.29, 1.82) is 0 Å². The summed E-state index contributed by atoms with van der Waals surface area (Å²) in [7, 11) is 0. The Balaban J connectivity index is 2.24. The molecule has 0 atom stereocenters. The lowest BCUT2D eigenvalue weighted by atomic mass is 10.2. The molecule has 0 aliphatic carbocycles. The molecule has 0 radical (unpaired) electrons. The molecule has 1 heterocycles. The topological polar surface area (TPSA) is 38.9 Å². The molecule has 0 saturated heterocycles. The number of halogens is 4. The molecule has 2 rings (SSSR count). The Morgan fingerprint density at radius 3 is 2.50 bits per heavy atom. The number of hydrogen-bond donors (Lipinski definition) is 1. The molecule has 1 aromatic carbocycles. The molecule has 2 nitrogen and oxygen atoms in total. The van der Waals surface area contributed by atoms with Crippen molar-refractivity contribution in [3.8, 4) is 0 Å². The number of nitrogens with zero attached hydrogens (tertiary/aromatic N) is 1. The smallest absolute Gasteiger partial charge is 0.326 e. The van der Waals surface area contributed by atoms with Crippen LogP contribution in [0.3, 0.4) is 0 Å². The van der Waals surface area contributed by atoms with Gasteiger partial charge in [-0.15, -0.1) is 0 Å². The fraction of sp³-hybridized carbons (Fsp3) is 0.154. The molecular formula is C13H10ClF3N2S. The summed E-state index contributed by atoms with van der Waals surface area (Å²) >= 11 is 7.13. The fourth-order valence-electron chi connectivity index (χ4n) is 1.51. The van der Waals surface area contributed by atoms with Gasteiger partial charge in [-0.2, -0.15) is 13.2 Å². The van der Waals surface area contributed by atoms with Gasteiger partial charge in [-0.3, -0.25) is 0 Å². The maximum atomic E-state index is 12.4. The van der Waals surface area contributed by atoms with Gasteiger partial charge in [-0.25, -0.2) is 4.98 Å². The van der Waals surface area contributed by atoms with Crippen LogP contribution in [0.2, 0.25) is 5.02 Å². The first kappa shape index (κ1) is 15.2. The third-order valence-corrected chi connectivity index (χ3v) is 3.81. The van der Waals surface area contributed by atoms with Gasteiger partial charge >= 0.3 is 6.18 Å². The zero-order chi connectivity index (χ0) is 14.8. The predicted molar refractivity (Wildman–Crippen MR) is 72.7 cm³/mol. The van der Waals surface area contributed by atoms with Gasteiger partial charge in [-0.05, 0) is 29.8 Å². The largest absolute Gasteiger partial charge is 0.417 e. The van der Waals surface area contributed by atoms with Crippen molar-refractivity contribution >= 4 is 23.4 Å². The lowest BCUT2D eigenvalue weighted by Gasteiger charge is -2.09. The Kier molecular flexibility index (Phi) is 4.57. The summed E-state index contributed by atoms with van der Waals surface area (Å²) in [5, 5.41) is 0.992. The molecule has 20 heavy (non-hydrogen) atoms. The van der Waals surface area contributed by atoms with Gasteiger partial charge in [0.05, 0.1) is 5.56 Å². The van der Waals surface area contributed by atoms with E-state index in [0.717, 1.165) is 22.7 Å². The second-order valence-corrected chi connectivity index (χ2v) is 5.44. The van der Waals surface area contributed by atoms with E-state index in [1.54, 1.807) is 18.2 Å². The average molecular weight is 319 g/mol. The van der Waals surface area contributed by atoms with Gasteiger partial charge in [0.15, 0.2) is 0 Å². The van der Waals surface area contributed by atoms with Crippen molar-refractivity contribution in [2.45, 2.75) is 22.6 Å². The molecule has 7 heteroatoms. The summed E-state index contributed by atoms with van der Waals surface area (Å²) in [6.07, 6.45) is -3.57. The minimum atomic E-state index is -4.38. The summed E-state index contributed by atoms with van der Waals surface area (Å²) in [6, 6.07) is 7.55. The van der Waals surface area contributed by atoms with Crippen molar-refractivity contribution in [2.75, 3.05) is 0 Å². The molecule has 2 N–H and O–H groups in total. The molecule has 2 aromatic rings. The highest BCUT2D eigenvalue weighted by Crippen LogP contribution is 2.33. The van der Waals surface area contributed by atoms with Gasteiger partial charge in [0.25, 0.3) is 0 Å². The van der Waals surface area contributed by atoms with E-state index in [2.05, 4.69) is 4.98 Å². The van der Waals surface area contributed by atoms with Gasteiger partial charge in [0.2, 0.25) is 0 Å². The van der Waals surface area contributed by atoms with Gasteiger partial charge in [-0.1, -0.05) is 29.4 Å². The molecule has 0 saturated carbocycles.